The number of likely N-dealkylation sites (tertiary alicyclic amines) is 1. The molecule has 1 unspecified atom stereocenters. The van der Waals surface area contributed by atoms with Crippen LogP contribution >= 0.6 is 0 Å². The molecular weight excluding hydrogens is 236 g/mol. The number of anilines is 1. The first-order chi connectivity index (χ1) is 9.28. The topological polar surface area (TPSA) is 35.2 Å². The van der Waals surface area contributed by atoms with Crippen molar-refractivity contribution in [3.8, 4) is 0 Å². The van der Waals surface area contributed by atoms with Crippen LogP contribution < -0.4 is 4.90 Å². The first kappa shape index (κ1) is 12.5. The molecule has 2 heterocycles. The second-order valence-electron chi connectivity index (χ2n) is 5.38. The molecule has 3 rings (SSSR count). The van der Waals surface area contributed by atoms with E-state index < -0.39 is 0 Å². The number of nitrogens with one attached hydrogen (secondary N) is 1. The van der Waals surface area contributed by atoms with Crippen LogP contribution in [0.1, 0.15) is 19.8 Å². The van der Waals surface area contributed by atoms with Gasteiger partial charge in [-0.3, -0.25) is 4.90 Å². The summed E-state index contributed by atoms with van der Waals surface area (Å²) in [6.07, 6.45) is 2.63. The Morgan fingerprint density at radius 2 is 2.26 bits per heavy atom. The van der Waals surface area contributed by atoms with Gasteiger partial charge >= 0.3 is 0 Å². The normalized spacial score (nSPS) is 20.2. The van der Waals surface area contributed by atoms with Crippen molar-refractivity contribution >= 4 is 17.0 Å². The van der Waals surface area contributed by atoms with Crippen LogP contribution in [-0.2, 0) is 0 Å². The third-order valence-electron chi connectivity index (χ3n) is 4.13. The molecule has 0 amide bonds. The third-order valence-corrected chi connectivity index (χ3v) is 4.13. The zero-order valence-corrected chi connectivity index (χ0v) is 11.8. The molecule has 1 aromatic carbocycles. The third kappa shape index (κ3) is 2.45. The average Bonchev–Trinajstić information content (AvgIpc) is 3.03. The van der Waals surface area contributed by atoms with E-state index in [2.05, 4.69) is 45.9 Å². The Labute approximate surface area is 114 Å². The standard InChI is InChI=1S/C15H22N4/c1-3-19-10-6-7-12(19)11-18(2)15-16-13-8-4-5-9-14(13)17-15/h4-5,8-9,12H,3,6-7,10-11H2,1-2H3,(H,16,17). The summed E-state index contributed by atoms with van der Waals surface area (Å²) in [5, 5.41) is 0. The van der Waals surface area contributed by atoms with Crippen LogP contribution in [0.2, 0.25) is 0 Å². The second-order valence-corrected chi connectivity index (χ2v) is 5.38. The maximum Gasteiger partial charge on any atom is 0.203 e. The van der Waals surface area contributed by atoms with E-state index in [1.54, 1.807) is 0 Å². The lowest BCUT2D eigenvalue weighted by molar-refractivity contribution is 0.270. The minimum Gasteiger partial charge on any atom is -0.344 e. The minimum atomic E-state index is 0.670. The van der Waals surface area contributed by atoms with Gasteiger partial charge in [0.25, 0.3) is 0 Å². The van der Waals surface area contributed by atoms with Gasteiger partial charge in [0.15, 0.2) is 0 Å². The maximum atomic E-state index is 4.66. The lowest BCUT2D eigenvalue weighted by atomic mass is 10.2. The molecule has 4 nitrogen and oxygen atoms in total. The van der Waals surface area contributed by atoms with Crippen molar-refractivity contribution in [1.82, 2.24) is 14.9 Å². The van der Waals surface area contributed by atoms with Crippen LogP contribution in [0.3, 0.4) is 0 Å². The van der Waals surface area contributed by atoms with Crippen LogP contribution in [0.4, 0.5) is 5.95 Å². The summed E-state index contributed by atoms with van der Waals surface area (Å²) < 4.78 is 0. The first-order valence-electron chi connectivity index (χ1n) is 7.18. The highest BCUT2D eigenvalue weighted by molar-refractivity contribution is 5.77. The van der Waals surface area contributed by atoms with E-state index in [4.69, 9.17) is 0 Å². The van der Waals surface area contributed by atoms with Crippen molar-refractivity contribution in [2.75, 3.05) is 31.6 Å². The molecule has 1 atom stereocenters. The van der Waals surface area contributed by atoms with Gasteiger partial charge in [-0.2, -0.15) is 0 Å². The van der Waals surface area contributed by atoms with E-state index in [0.717, 1.165) is 30.1 Å². The Hall–Kier alpha value is -1.55. The van der Waals surface area contributed by atoms with Gasteiger partial charge < -0.3 is 9.88 Å². The molecule has 19 heavy (non-hydrogen) atoms. The fraction of sp³-hybridized carbons (Fsp3) is 0.533. The summed E-state index contributed by atoms with van der Waals surface area (Å²) in [5.74, 6) is 0.976. The molecule has 1 fully saturated rings. The Balaban J connectivity index is 1.74. The highest BCUT2D eigenvalue weighted by Gasteiger charge is 2.24. The molecule has 0 spiro atoms. The second kappa shape index (κ2) is 5.21. The fourth-order valence-corrected chi connectivity index (χ4v) is 3.04. The number of para-hydroxylation sites is 2. The van der Waals surface area contributed by atoms with Crippen molar-refractivity contribution in [2.24, 2.45) is 0 Å². The van der Waals surface area contributed by atoms with Gasteiger partial charge in [-0.15, -0.1) is 0 Å². The van der Waals surface area contributed by atoms with Gasteiger partial charge in [0.1, 0.15) is 0 Å². The largest absolute Gasteiger partial charge is 0.344 e. The molecule has 0 saturated carbocycles. The minimum absolute atomic E-state index is 0.670. The maximum absolute atomic E-state index is 4.66. The lowest BCUT2D eigenvalue weighted by Crippen LogP contribution is -2.39. The van der Waals surface area contributed by atoms with Crippen molar-refractivity contribution in [1.29, 1.82) is 0 Å². The van der Waals surface area contributed by atoms with E-state index in [1.807, 2.05) is 12.1 Å². The van der Waals surface area contributed by atoms with E-state index in [1.165, 1.54) is 19.4 Å². The van der Waals surface area contributed by atoms with E-state index in [9.17, 15) is 0 Å². The van der Waals surface area contributed by atoms with Gasteiger partial charge in [-0.25, -0.2) is 4.98 Å². The number of aromatic nitrogens is 2. The fourth-order valence-electron chi connectivity index (χ4n) is 3.04. The molecule has 1 aromatic heterocycles. The molecule has 0 bridgehead atoms. The average molecular weight is 258 g/mol. The molecule has 4 heteroatoms. The molecular formula is C15H22N4. The number of likely N-dealkylation sites (N-methyl/N-ethyl adjacent to an activating group) is 2. The van der Waals surface area contributed by atoms with E-state index >= 15 is 0 Å². The predicted octanol–water partition coefficient (Wildman–Crippen LogP) is 2.48. The number of hydrogen-bond acceptors (Lipinski definition) is 3. The Morgan fingerprint density at radius 3 is 3.05 bits per heavy atom. The SMILES string of the molecule is CCN1CCCC1CN(C)c1nc2ccccc2[nH]1. The van der Waals surface area contributed by atoms with Gasteiger partial charge in [-0.05, 0) is 38.1 Å². The molecule has 1 aliphatic rings. The first-order valence-corrected chi connectivity index (χ1v) is 7.18. The van der Waals surface area contributed by atoms with E-state index in [-0.39, 0.29) is 0 Å². The molecule has 102 valence electrons. The van der Waals surface area contributed by atoms with Crippen LogP contribution in [0, 0.1) is 0 Å². The van der Waals surface area contributed by atoms with Crippen LogP contribution in [0.5, 0.6) is 0 Å². The smallest absolute Gasteiger partial charge is 0.203 e. The van der Waals surface area contributed by atoms with Crippen LogP contribution in [-0.4, -0.2) is 47.6 Å². The summed E-state index contributed by atoms with van der Waals surface area (Å²) in [7, 11) is 2.13. The number of fused-ring (bicyclic) bond motifs is 1. The van der Waals surface area contributed by atoms with Crippen LogP contribution in [0.25, 0.3) is 11.0 Å². The quantitative estimate of drug-likeness (QED) is 0.915. The highest BCUT2D eigenvalue weighted by Crippen LogP contribution is 2.20. The van der Waals surface area contributed by atoms with Gasteiger partial charge in [0.2, 0.25) is 5.95 Å². The zero-order chi connectivity index (χ0) is 13.2. The van der Waals surface area contributed by atoms with Crippen molar-refractivity contribution in [3.05, 3.63) is 24.3 Å². The van der Waals surface area contributed by atoms with Crippen molar-refractivity contribution in [2.45, 2.75) is 25.8 Å². The summed E-state index contributed by atoms with van der Waals surface area (Å²) in [4.78, 5) is 12.9. The number of H-pyrrole nitrogens is 1. The predicted molar refractivity (Wildman–Crippen MR) is 79.6 cm³/mol. The van der Waals surface area contributed by atoms with Gasteiger partial charge in [-0.1, -0.05) is 19.1 Å². The van der Waals surface area contributed by atoms with Crippen molar-refractivity contribution in [3.63, 3.8) is 0 Å². The molecule has 1 saturated heterocycles. The van der Waals surface area contributed by atoms with Gasteiger partial charge in [0, 0.05) is 19.6 Å². The van der Waals surface area contributed by atoms with E-state index in [0.29, 0.717) is 6.04 Å². The number of hydrogen-bond donors (Lipinski definition) is 1. The Bertz CT molecular complexity index is 515. The number of aromatic amines is 1. The summed E-state index contributed by atoms with van der Waals surface area (Å²) in [6, 6.07) is 8.87. The zero-order valence-electron chi connectivity index (χ0n) is 11.8. The monoisotopic (exact) mass is 258 g/mol. The molecule has 0 radical (unpaired) electrons. The summed E-state index contributed by atoms with van der Waals surface area (Å²) in [5.41, 5.74) is 2.16. The number of nitrogens with zero attached hydrogens (tertiary/aromatic N) is 3. The Kier molecular flexibility index (Phi) is 3.42. The molecule has 1 aliphatic heterocycles. The number of benzene rings is 1. The van der Waals surface area contributed by atoms with Gasteiger partial charge in [0.05, 0.1) is 11.0 Å². The van der Waals surface area contributed by atoms with Crippen LogP contribution in [0.15, 0.2) is 24.3 Å². The number of rotatable bonds is 4. The summed E-state index contributed by atoms with van der Waals surface area (Å²) >= 11 is 0. The Morgan fingerprint density at radius 1 is 1.42 bits per heavy atom. The summed E-state index contributed by atoms with van der Waals surface area (Å²) in [6.45, 7) is 5.70. The van der Waals surface area contributed by atoms with Crippen molar-refractivity contribution < 1.29 is 0 Å². The highest BCUT2D eigenvalue weighted by atomic mass is 15.3. The molecule has 1 N–H and O–H groups in total. The lowest BCUT2D eigenvalue weighted by Gasteiger charge is -2.27. The molecule has 0 aliphatic carbocycles. The molecule has 2 aromatic rings. The number of imidazole rings is 1.